The van der Waals surface area contributed by atoms with E-state index in [9.17, 15) is 10.1 Å². The van der Waals surface area contributed by atoms with Crippen LogP contribution < -0.4 is 0 Å². The van der Waals surface area contributed by atoms with Crippen LogP contribution in [0.2, 0.25) is 0 Å². The summed E-state index contributed by atoms with van der Waals surface area (Å²) in [6.07, 6.45) is 0. The third kappa shape index (κ3) is 3.70. The lowest BCUT2D eigenvalue weighted by atomic mass is 9.90. The number of carbonyl (C=O) groups is 1. The molecule has 0 spiro atoms. The average Bonchev–Trinajstić information content (AvgIpc) is 2.48. The number of hydrogen-bond acceptors (Lipinski definition) is 2. The van der Waals surface area contributed by atoms with Gasteiger partial charge in [-0.3, -0.25) is 4.79 Å². The van der Waals surface area contributed by atoms with E-state index in [1.54, 1.807) is 6.07 Å². The molecule has 0 saturated carbocycles. The van der Waals surface area contributed by atoms with Gasteiger partial charge in [0.05, 0.1) is 6.07 Å². The number of nitrogens with zero attached hydrogens (tertiary/aromatic N) is 1. The van der Waals surface area contributed by atoms with Crippen molar-refractivity contribution in [1.82, 2.24) is 0 Å². The van der Waals surface area contributed by atoms with Crippen LogP contribution in [-0.4, -0.2) is 5.78 Å². The van der Waals surface area contributed by atoms with Crippen LogP contribution in [0.4, 0.5) is 0 Å². The molecule has 0 amide bonds. The quantitative estimate of drug-likeness (QED) is 0.551. The Morgan fingerprint density at radius 3 is 2.24 bits per heavy atom. The summed E-state index contributed by atoms with van der Waals surface area (Å²) in [4.78, 5) is 12.5. The van der Waals surface area contributed by atoms with Gasteiger partial charge < -0.3 is 0 Å². The molecule has 1 unspecified atom stereocenters. The second-order valence-electron chi connectivity index (χ2n) is 5.26. The molecule has 0 aromatic heterocycles. The topological polar surface area (TPSA) is 40.9 Å². The monoisotopic (exact) mass is 389 g/mol. The second kappa shape index (κ2) is 6.86. The van der Waals surface area contributed by atoms with Gasteiger partial charge in [0.1, 0.15) is 5.92 Å². The number of carbonyl (C=O) groups excluding carboxylic acids is 1. The van der Waals surface area contributed by atoms with Crippen molar-refractivity contribution in [1.29, 1.82) is 5.26 Å². The molecule has 0 fully saturated rings. The standard InChI is InChI=1S/C18H16INO/c1-12(2)13-6-8-14(9-7-13)17(11-20)18(21)15-4-3-5-16(19)10-15/h3-10,12,17H,1-2H3. The minimum absolute atomic E-state index is 0.145. The lowest BCUT2D eigenvalue weighted by Crippen LogP contribution is -2.11. The minimum Gasteiger partial charge on any atom is -0.292 e. The van der Waals surface area contributed by atoms with Crippen LogP contribution in [0.25, 0.3) is 0 Å². The molecule has 0 heterocycles. The number of benzene rings is 2. The Balaban J connectivity index is 2.31. The molecule has 1 atom stereocenters. The molecular weight excluding hydrogens is 373 g/mol. The minimum atomic E-state index is -0.746. The zero-order valence-corrected chi connectivity index (χ0v) is 14.2. The first kappa shape index (κ1) is 15.7. The molecule has 106 valence electrons. The fourth-order valence-corrected chi connectivity index (χ4v) is 2.71. The van der Waals surface area contributed by atoms with Crippen LogP contribution >= 0.6 is 22.6 Å². The summed E-state index contributed by atoms with van der Waals surface area (Å²) >= 11 is 2.17. The Kier molecular flexibility index (Phi) is 5.13. The number of rotatable bonds is 4. The summed E-state index contributed by atoms with van der Waals surface area (Å²) < 4.78 is 0.991. The molecular formula is C18H16INO. The summed E-state index contributed by atoms with van der Waals surface area (Å²) in [6, 6.07) is 17.2. The number of halogens is 1. The highest BCUT2D eigenvalue weighted by Crippen LogP contribution is 2.23. The normalized spacial score (nSPS) is 12.0. The molecule has 0 N–H and O–H groups in total. The van der Waals surface area contributed by atoms with Crippen molar-refractivity contribution in [2.45, 2.75) is 25.7 Å². The Hall–Kier alpha value is -1.67. The Morgan fingerprint density at radius 1 is 1.10 bits per heavy atom. The first-order valence-electron chi connectivity index (χ1n) is 6.82. The van der Waals surface area contributed by atoms with Crippen LogP contribution in [0.15, 0.2) is 48.5 Å². The van der Waals surface area contributed by atoms with Gasteiger partial charge in [-0.25, -0.2) is 0 Å². The molecule has 0 saturated heterocycles. The van der Waals surface area contributed by atoms with Crippen LogP contribution in [0, 0.1) is 14.9 Å². The summed E-state index contributed by atoms with van der Waals surface area (Å²) in [7, 11) is 0. The Morgan fingerprint density at radius 2 is 1.71 bits per heavy atom. The SMILES string of the molecule is CC(C)c1ccc(C(C#N)C(=O)c2cccc(I)c2)cc1. The summed E-state index contributed by atoms with van der Waals surface area (Å²) in [5.74, 6) is -0.455. The van der Waals surface area contributed by atoms with E-state index in [1.165, 1.54) is 5.56 Å². The lowest BCUT2D eigenvalue weighted by Gasteiger charge is -2.11. The van der Waals surface area contributed by atoms with E-state index in [2.05, 4.69) is 42.5 Å². The van der Waals surface area contributed by atoms with Crippen molar-refractivity contribution in [2.75, 3.05) is 0 Å². The fraction of sp³-hybridized carbons (Fsp3) is 0.222. The largest absolute Gasteiger partial charge is 0.292 e. The van der Waals surface area contributed by atoms with Gasteiger partial charge in [-0.05, 0) is 51.8 Å². The van der Waals surface area contributed by atoms with Crippen molar-refractivity contribution in [2.24, 2.45) is 0 Å². The highest BCUT2D eigenvalue weighted by molar-refractivity contribution is 14.1. The van der Waals surface area contributed by atoms with Gasteiger partial charge in [-0.1, -0.05) is 50.2 Å². The molecule has 0 radical (unpaired) electrons. The number of hydrogen-bond donors (Lipinski definition) is 0. The number of ketones is 1. The number of nitriles is 1. The average molecular weight is 389 g/mol. The predicted octanol–water partition coefficient (Wildman–Crippen LogP) is 4.90. The molecule has 2 nitrogen and oxygen atoms in total. The Bertz CT molecular complexity index is 683. The summed E-state index contributed by atoms with van der Waals surface area (Å²) in [5.41, 5.74) is 2.55. The highest BCUT2D eigenvalue weighted by atomic mass is 127. The molecule has 2 aromatic rings. The molecule has 0 bridgehead atoms. The zero-order valence-electron chi connectivity index (χ0n) is 12.0. The van der Waals surface area contributed by atoms with Crippen LogP contribution in [0.5, 0.6) is 0 Å². The Labute approximate surface area is 138 Å². The lowest BCUT2D eigenvalue weighted by molar-refractivity contribution is 0.0979. The van der Waals surface area contributed by atoms with Crippen molar-refractivity contribution in [3.63, 3.8) is 0 Å². The van der Waals surface area contributed by atoms with E-state index in [0.717, 1.165) is 9.13 Å². The van der Waals surface area contributed by atoms with Gasteiger partial charge in [0.2, 0.25) is 0 Å². The van der Waals surface area contributed by atoms with Crippen LogP contribution in [0.1, 0.15) is 47.2 Å². The third-order valence-electron chi connectivity index (χ3n) is 3.44. The van der Waals surface area contributed by atoms with E-state index in [1.807, 2.05) is 42.5 Å². The highest BCUT2D eigenvalue weighted by Gasteiger charge is 2.21. The molecule has 0 aliphatic carbocycles. The first-order valence-corrected chi connectivity index (χ1v) is 7.90. The smallest absolute Gasteiger partial charge is 0.184 e. The van der Waals surface area contributed by atoms with Gasteiger partial charge in [0.25, 0.3) is 0 Å². The van der Waals surface area contributed by atoms with E-state index < -0.39 is 5.92 Å². The van der Waals surface area contributed by atoms with E-state index >= 15 is 0 Å². The zero-order chi connectivity index (χ0) is 15.4. The molecule has 2 rings (SSSR count). The van der Waals surface area contributed by atoms with Crippen molar-refractivity contribution >= 4 is 28.4 Å². The maximum absolute atomic E-state index is 12.5. The van der Waals surface area contributed by atoms with Gasteiger partial charge in [-0.2, -0.15) is 5.26 Å². The predicted molar refractivity (Wildman–Crippen MR) is 92.4 cm³/mol. The van der Waals surface area contributed by atoms with Crippen molar-refractivity contribution < 1.29 is 4.79 Å². The van der Waals surface area contributed by atoms with Crippen molar-refractivity contribution in [3.8, 4) is 6.07 Å². The molecule has 0 aliphatic rings. The van der Waals surface area contributed by atoms with Gasteiger partial charge in [0.15, 0.2) is 5.78 Å². The van der Waals surface area contributed by atoms with Gasteiger partial charge in [0, 0.05) is 9.13 Å². The first-order chi connectivity index (χ1) is 10.0. The van der Waals surface area contributed by atoms with Crippen molar-refractivity contribution in [3.05, 3.63) is 68.8 Å². The van der Waals surface area contributed by atoms with Gasteiger partial charge >= 0.3 is 0 Å². The van der Waals surface area contributed by atoms with Gasteiger partial charge in [-0.15, -0.1) is 0 Å². The van der Waals surface area contributed by atoms with E-state index in [-0.39, 0.29) is 5.78 Å². The second-order valence-corrected chi connectivity index (χ2v) is 6.50. The molecule has 0 aliphatic heterocycles. The van der Waals surface area contributed by atoms with Crippen LogP contribution in [-0.2, 0) is 0 Å². The van der Waals surface area contributed by atoms with Crippen LogP contribution in [0.3, 0.4) is 0 Å². The fourth-order valence-electron chi connectivity index (χ4n) is 2.17. The maximum atomic E-state index is 12.5. The molecule has 2 aromatic carbocycles. The van der Waals surface area contributed by atoms with E-state index in [0.29, 0.717) is 11.5 Å². The summed E-state index contributed by atoms with van der Waals surface area (Å²) in [5, 5.41) is 9.39. The van der Waals surface area contributed by atoms with E-state index in [4.69, 9.17) is 0 Å². The third-order valence-corrected chi connectivity index (χ3v) is 4.11. The molecule has 21 heavy (non-hydrogen) atoms. The maximum Gasteiger partial charge on any atom is 0.184 e. The molecule has 3 heteroatoms. The summed E-state index contributed by atoms with van der Waals surface area (Å²) in [6.45, 7) is 4.24. The number of Topliss-reactive ketones (excluding diaryl/α,β-unsaturated/α-hetero) is 1.